The maximum atomic E-state index is 4.68. The van der Waals surface area contributed by atoms with Crippen LogP contribution in [0, 0.1) is 0 Å². The van der Waals surface area contributed by atoms with Crippen molar-refractivity contribution >= 4 is 13.9 Å². The number of hydrogen-bond donors (Lipinski definition) is 1. The van der Waals surface area contributed by atoms with Gasteiger partial charge in [0, 0.05) is 6.42 Å². The summed E-state index contributed by atoms with van der Waals surface area (Å²) >= 11 is 0. The quantitative estimate of drug-likeness (QED) is 0.574. The summed E-state index contributed by atoms with van der Waals surface area (Å²) in [5.41, 5.74) is 4.09. The fourth-order valence-corrected chi connectivity index (χ4v) is 4.32. The molecule has 1 aliphatic rings. The zero-order chi connectivity index (χ0) is 14.4. The minimum Gasteiger partial charge on any atom is -0.352 e. The van der Waals surface area contributed by atoms with Crippen LogP contribution in [-0.2, 0) is 0 Å². The Bertz CT molecular complexity index is 395. The summed E-state index contributed by atoms with van der Waals surface area (Å²) in [5, 5.41) is 3.70. The lowest BCUT2D eigenvalue weighted by Crippen LogP contribution is -2.27. The van der Waals surface area contributed by atoms with E-state index in [1.807, 2.05) is 12.2 Å². The van der Waals surface area contributed by atoms with Crippen molar-refractivity contribution in [3.63, 3.8) is 0 Å². The van der Waals surface area contributed by atoms with Gasteiger partial charge in [0.05, 0.1) is 6.54 Å². The molecule has 0 bridgehead atoms. The van der Waals surface area contributed by atoms with Crippen molar-refractivity contribution in [1.82, 2.24) is 5.09 Å². The minimum absolute atomic E-state index is 0.195. The molecule has 0 saturated carbocycles. The summed E-state index contributed by atoms with van der Waals surface area (Å²) < 4.78 is 0. The van der Waals surface area contributed by atoms with Crippen LogP contribution in [0.1, 0.15) is 41.0 Å². The molecule has 0 fully saturated rings. The Balaban J connectivity index is 2.72. The number of nitrogens with zero attached hydrogens (tertiary/aromatic N) is 1. The van der Waals surface area contributed by atoms with Crippen molar-refractivity contribution in [1.29, 1.82) is 0 Å². The fourth-order valence-electron chi connectivity index (χ4n) is 2.17. The van der Waals surface area contributed by atoms with Crippen LogP contribution in [0.2, 0.25) is 0 Å². The topological polar surface area (TPSA) is 24.4 Å². The number of rotatable bonds is 5. The summed E-state index contributed by atoms with van der Waals surface area (Å²) in [6, 6.07) is 0. The van der Waals surface area contributed by atoms with Crippen LogP contribution in [-0.4, -0.2) is 23.7 Å². The lowest BCUT2D eigenvalue weighted by Gasteiger charge is -2.29. The third-order valence-electron chi connectivity index (χ3n) is 3.22. The van der Waals surface area contributed by atoms with Gasteiger partial charge in [-0.05, 0) is 37.5 Å². The highest BCUT2D eigenvalue weighted by Gasteiger charge is 2.20. The molecule has 0 radical (unpaired) electrons. The zero-order valence-corrected chi connectivity index (χ0v) is 13.8. The van der Waals surface area contributed by atoms with E-state index >= 15 is 0 Å². The second kappa shape index (κ2) is 7.65. The summed E-state index contributed by atoms with van der Waals surface area (Å²) in [6.45, 7) is 15.9. The third kappa shape index (κ3) is 4.95. The monoisotopic (exact) mass is 278 g/mol. The van der Waals surface area contributed by atoms with Crippen molar-refractivity contribution in [3.8, 4) is 0 Å². The number of nitrogens with one attached hydrogen (secondary N) is 1. The predicted molar refractivity (Wildman–Crippen MR) is 89.3 cm³/mol. The Labute approximate surface area is 119 Å². The number of dihydropyridines is 1. The SMILES string of the molecule is C=C/C=C\C1=C(C)CN=C(NP(C(C)C)C(C)C)C1. The first-order valence-electron chi connectivity index (χ1n) is 7.01. The normalized spacial score (nSPS) is 16.7. The van der Waals surface area contributed by atoms with Crippen LogP contribution in [0.15, 0.2) is 40.9 Å². The highest BCUT2D eigenvalue weighted by molar-refractivity contribution is 7.57. The Morgan fingerprint density at radius 3 is 2.42 bits per heavy atom. The Morgan fingerprint density at radius 1 is 1.26 bits per heavy atom. The summed E-state index contributed by atoms with van der Waals surface area (Å²) in [4.78, 5) is 4.68. The van der Waals surface area contributed by atoms with E-state index in [0.29, 0.717) is 11.3 Å². The van der Waals surface area contributed by atoms with Gasteiger partial charge in [-0.3, -0.25) is 4.99 Å². The van der Waals surface area contributed by atoms with E-state index in [4.69, 9.17) is 0 Å². The van der Waals surface area contributed by atoms with Gasteiger partial charge in [0.1, 0.15) is 5.84 Å². The lowest BCUT2D eigenvalue weighted by molar-refractivity contribution is 0.967. The molecule has 106 valence electrons. The minimum atomic E-state index is -0.195. The highest BCUT2D eigenvalue weighted by atomic mass is 31.1. The van der Waals surface area contributed by atoms with E-state index in [1.165, 1.54) is 11.1 Å². The highest BCUT2D eigenvalue weighted by Crippen LogP contribution is 2.42. The summed E-state index contributed by atoms with van der Waals surface area (Å²) in [5.74, 6) is 1.16. The molecule has 3 heteroatoms. The molecule has 1 aliphatic heterocycles. The predicted octanol–water partition coefficient (Wildman–Crippen LogP) is 4.65. The van der Waals surface area contributed by atoms with Gasteiger partial charge >= 0.3 is 0 Å². The van der Waals surface area contributed by atoms with Crippen LogP contribution < -0.4 is 5.09 Å². The zero-order valence-electron chi connectivity index (χ0n) is 12.9. The molecule has 1 rings (SSSR count). The molecular weight excluding hydrogens is 251 g/mol. The van der Waals surface area contributed by atoms with Crippen molar-refractivity contribution in [2.45, 2.75) is 52.4 Å². The number of hydrogen-bond acceptors (Lipinski definition) is 2. The van der Waals surface area contributed by atoms with E-state index in [1.54, 1.807) is 0 Å². The number of aliphatic imine (C=N–C) groups is 1. The number of amidine groups is 1. The van der Waals surface area contributed by atoms with Gasteiger partial charge in [0.2, 0.25) is 0 Å². The lowest BCUT2D eigenvalue weighted by atomic mass is 10.0. The molecule has 0 amide bonds. The average molecular weight is 278 g/mol. The Kier molecular flexibility index (Phi) is 6.51. The Hall–Kier alpha value is -0.880. The van der Waals surface area contributed by atoms with E-state index in [9.17, 15) is 0 Å². The first-order chi connectivity index (χ1) is 8.95. The van der Waals surface area contributed by atoms with E-state index in [0.717, 1.165) is 18.8 Å². The van der Waals surface area contributed by atoms with Crippen molar-refractivity contribution in [2.24, 2.45) is 4.99 Å². The Morgan fingerprint density at radius 2 is 1.89 bits per heavy atom. The molecule has 0 saturated heterocycles. The van der Waals surface area contributed by atoms with Crippen LogP contribution in [0.4, 0.5) is 0 Å². The van der Waals surface area contributed by atoms with Crippen molar-refractivity contribution in [2.75, 3.05) is 6.54 Å². The number of allylic oxidation sites excluding steroid dienone is 3. The standard InChI is InChI=1S/C16H27N2P/c1-7-8-9-15-10-16(17-11-14(15)6)18-19(12(2)3)13(4)5/h7-9,12-13H,1,10-11H2,2-6H3,(H,17,18)/b9-8-. The third-order valence-corrected chi connectivity index (χ3v) is 5.96. The fraction of sp³-hybridized carbons (Fsp3) is 0.562. The van der Waals surface area contributed by atoms with Gasteiger partial charge in [-0.15, -0.1) is 0 Å². The molecule has 1 N–H and O–H groups in total. The largest absolute Gasteiger partial charge is 0.352 e. The molecule has 2 nitrogen and oxygen atoms in total. The second-order valence-electron chi connectivity index (χ2n) is 5.55. The molecule has 1 heterocycles. The van der Waals surface area contributed by atoms with Crippen molar-refractivity contribution in [3.05, 3.63) is 36.0 Å². The first kappa shape index (κ1) is 16.2. The molecule has 0 aromatic carbocycles. The molecule has 0 aromatic heterocycles. The van der Waals surface area contributed by atoms with Crippen LogP contribution in [0.5, 0.6) is 0 Å². The van der Waals surface area contributed by atoms with Gasteiger partial charge < -0.3 is 5.09 Å². The van der Waals surface area contributed by atoms with E-state index in [-0.39, 0.29) is 8.07 Å². The molecule has 0 unspecified atom stereocenters. The smallest absolute Gasteiger partial charge is 0.104 e. The van der Waals surface area contributed by atoms with Gasteiger partial charge in [-0.25, -0.2) is 0 Å². The van der Waals surface area contributed by atoms with Gasteiger partial charge in [0.15, 0.2) is 0 Å². The van der Waals surface area contributed by atoms with E-state index < -0.39 is 0 Å². The van der Waals surface area contributed by atoms with Gasteiger partial charge in [-0.1, -0.05) is 52.5 Å². The molecule has 0 atom stereocenters. The van der Waals surface area contributed by atoms with E-state index in [2.05, 4.69) is 57.4 Å². The molecule has 0 aliphatic carbocycles. The van der Waals surface area contributed by atoms with Gasteiger partial charge in [-0.2, -0.15) is 0 Å². The molecule has 19 heavy (non-hydrogen) atoms. The molecule has 0 spiro atoms. The summed E-state index contributed by atoms with van der Waals surface area (Å²) in [7, 11) is -0.195. The van der Waals surface area contributed by atoms with Crippen LogP contribution in [0.3, 0.4) is 0 Å². The van der Waals surface area contributed by atoms with Gasteiger partial charge in [0.25, 0.3) is 0 Å². The van der Waals surface area contributed by atoms with Crippen LogP contribution >= 0.6 is 8.07 Å². The maximum Gasteiger partial charge on any atom is 0.104 e. The molecule has 0 aromatic rings. The average Bonchev–Trinajstić information content (AvgIpc) is 2.35. The molecular formula is C16H27N2P. The van der Waals surface area contributed by atoms with Crippen molar-refractivity contribution < 1.29 is 0 Å². The maximum absolute atomic E-state index is 4.68. The second-order valence-corrected chi connectivity index (χ2v) is 8.65. The van der Waals surface area contributed by atoms with Crippen LogP contribution in [0.25, 0.3) is 0 Å². The summed E-state index contributed by atoms with van der Waals surface area (Å²) in [6.07, 6.45) is 6.92. The first-order valence-corrected chi connectivity index (χ1v) is 8.49.